The van der Waals surface area contributed by atoms with Gasteiger partial charge in [-0.1, -0.05) is 12.8 Å². The van der Waals surface area contributed by atoms with Crippen LogP contribution in [0, 0.1) is 17.4 Å². The average molecular weight is 395 g/mol. The van der Waals surface area contributed by atoms with Crippen molar-refractivity contribution in [3.05, 3.63) is 43.1 Å². The summed E-state index contributed by atoms with van der Waals surface area (Å²) in [7, 11) is 0. The molecule has 2 aromatic heterocycles. The summed E-state index contributed by atoms with van der Waals surface area (Å²) in [4.78, 5) is 24.3. The molecular weight excluding hydrogens is 377 g/mol. The van der Waals surface area contributed by atoms with Crippen molar-refractivity contribution in [2.24, 2.45) is 0 Å². The Hall–Kier alpha value is -1.24. The zero-order valence-electron chi connectivity index (χ0n) is 12.2. The Kier molecular flexibility index (Phi) is 4.10. The zero-order chi connectivity index (χ0) is 15.0. The maximum absolute atomic E-state index is 12.2. The number of aromatic amines is 1. The molecule has 0 aromatic carbocycles. The maximum Gasteiger partial charge on any atom is 0.264 e. The molecular formula is C16H18IN3O. The normalized spacial score (nSPS) is 15.6. The lowest BCUT2D eigenvalue weighted by Gasteiger charge is -2.12. The maximum atomic E-state index is 12.2. The van der Waals surface area contributed by atoms with Crippen molar-refractivity contribution >= 4 is 22.6 Å². The molecule has 0 unspecified atom stereocenters. The Morgan fingerprint density at radius 3 is 2.38 bits per heavy atom. The Labute approximate surface area is 137 Å². The van der Waals surface area contributed by atoms with Crippen LogP contribution in [0.5, 0.6) is 0 Å². The first kappa shape index (κ1) is 14.7. The van der Waals surface area contributed by atoms with Crippen molar-refractivity contribution in [3.63, 3.8) is 0 Å². The summed E-state index contributed by atoms with van der Waals surface area (Å²) in [5.74, 6) is 1.10. The van der Waals surface area contributed by atoms with Gasteiger partial charge in [-0.05, 0) is 61.4 Å². The van der Waals surface area contributed by atoms with Gasteiger partial charge in [0, 0.05) is 22.9 Å². The van der Waals surface area contributed by atoms with Crippen molar-refractivity contribution in [1.82, 2.24) is 15.0 Å². The molecule has 1 saturated carbocycles. The number of hydrogen-bond donors (Lipinski definition) is 1. The molecule has 0 spiro atoms. The molecule has 110 valence electrons. The number of rotatable bonds is 2. The molecule has 0 atom stereocenters. The Morgan fingerprint density at radius 2 is 1.76 bits per heavy atom. The van der Waals surface area contributed by atoms with Crippen LogP contribution >= 0.6 is 22.6 Å². The fraction of sp³-hybridized carbons (Fsp3) is 0.438. The molecule has 5 heteroatoms. The van der Waals surface area contributed by atoms with E-state index in [0.29, 0.717) is 11.7 Å². The molecule has 1 aliphatic carbocycles. The van der Waals surface area contributed by atoms with E-state index in [1.54, 1.807) is 0 Å². The van der Waals surface area contributed by atoms with Crippen molar-refractivity contribution < 1.29 is 0 Å². The molecule has 2 heterocycles. The van der Waals surface area contributed by atoms with Gasteiger partial charge in [0.2, 0.25) is 0 Å². The number of nitrogens with one attached hydrogen (secondary N) is 1. The summed E-state index contributed by atoms with van der Waals surface area (Å²) in [6.07, 6.45) is 4.75. The van der Waals surface area contributed by atoms with Crippen LogP contribution in [0.4, 0.5) is 0 Å². The number of aryl methyl sites for hydroxylation is 2. The van der Waals surface area contributed by atoms with Gasteiger partial charge >= 0.3 is 0 Å². The second-order valence-corrected chi connectivity index (χ2v) is 6.81. The largest absolute Gasteiger partial charge is 0.306 e. The van der Waals surface area contributed by atoms with Crippen LogP contribution in [0.25, 0.3) is 11.4 Å². The lowest BCUT2D eigenvalue weighted by atomic mass is 10.0. The Balaban J connectivity index is 2.12. The summed E-state index contributed by atoms with van der Waals surface area (Å²) < 4.78 is 0.741. The van der Waals surface area contributed by atoms with E-state index in [2.05, 4.69) is 32.6 Å². The van der Waals surface area contributed by atoms with Gasteiger partial charge < -0.3 is 4.98 Å². The lowest BCUT2D eigenvalue weighted by Crippen LogP contribution is -2.18. The zero-order valence-corrected chi connectivity index (χ0v) is 14.4. The molecule has 0 aliphatic heterocycles. The minimum absolute atomic E-state index is 0.0328. The average Bonchev–Trinajstić information content (AvgIpc) is 2.94. The molecule has 1 N–H and O–H groups in total. The van der Waals surface area contributed by atoms with E-state index in [0.717, 1.165) is 39.1 Å². The van der Waals surface area contributed by atoms with E-state index in [4.69, 9.17) is 4.98 Å². The minimum Gasteiger partial charge on any atom is -0.306 e. The summed E-state index contributed by atoms with van der Waals surface area (Å²) in [5.41, 5.74) is 3.75. The quantitative estimate of drug-likeness (QED) is 0.789. The molecule has 21 heavy (non-hydrogen) atoms. The van der Waals surface area contributed by atoms with Crippen LogP contribution in [0.1, 0.15) is 48.7 Å². The van der Waals surface area contributed by atoms with Gasteiger partial charge in [0.25, 0.3) is 5.56 Å². The van der Waals surface area contributed by atoms with Crippen LogP contribution in [-0.2, 0) is 0 Å². The molecule has 2 aromatic rings. The molecule has 0 radical (unpaired) electrons. The second-order valence-electron chi connectivity index (χ2n) is 5.73. The standard InChI is InChI=1S/C16H18IN3O/c1-9-7-12(8-10(2)18-9)15-19-14(11-5-3-4-6-11)13(17)16(21)20-15/h7-8,11H,3-6H2,1-2H3,(H,19,20,21). The summed E-state index contributed by atoms with van der Waals surface area (Å²) >= 11 is 2.13. The summed E-state index contributed by atoms with van der Waals surface area (Å²) in [5, 5.41) is 0. The summed E-state index contributed by atoms with van der Waals surface area (Å²) in [6, 6.07) is 3.94. The van der Waals surface area contributed by atoms with Crippen LogP contribution < -0.4 is 5.56 Å². The molecule has 1 aliphatic rings. The van der Waals surface area contributed by atoms with Gasteiger partial charge in [-0.3, -0.25) is 9.78 Å². The van der Waals surface area contributed by atoms with Crippen molar-refractivity contribution in [3.8, 4) is 11.4 Å². The number of aromatic nitrogens is 3. The fourth-order valence-corrected chi connectivity index (χ4v) is 3.75. The van der Waals surface area contributed by atoms with Crippen LogP contribution in [0.15, 0.2) is 16.9 Å². The Morgan fingerprint density at radius 1 is 1.14 bits per heavy atom. The van der Waals surface area contributed by atoms with Gasteiger partial charge in [-0.2, -0.15) is 0 Å². The predicted molar refractivity (Wildman–Crippen MR) is 91.5 cm³/mol. The number of pyridine rings is 1. The molecule has 3 rings (SSSR count). The molecule has 4 nitrogen and oxygen atoms in total. The van der Waals surface area contributed by atoms with Crippen molar-refractivity contribution in [2.45, 2.75) is 45.4 Å². The highest BCUT2D eigenvalue weighted by molar-refractivity contribution is 14.1. The first-order valence-corrected chi connectivity index (χ1v) is 8.38. The fourth-order valence-electron chi connectivity index (χ4n) is 3.05. The van der Waals surface area contributed by atoms with Crippen LogP contribution in [0.3, 0.4) is 0 Å². The van der Waals surface area contributed by atoms with E-state index in [1.807, 2.05) is 26.0 Å². The van der Waals surface area contributed by atoms with Gasteiger partial charge in [-0.15, -0.1) is 0 Å². The molecule has 0 amide bonds. The first-order valence-electron chi connectivity index (χ1n) is 7.30. The highest BCUT2D eigenvalue weighted by atomic mass is 127. The second kappa shape index (κ2) is 5.87. The highest BCUT2D eigenvalue weighted by Crippen LogP contribution is 2.34. The third-order valence-corrected chi connectivity index (χ3v) is 5.03. The van der Waals surface area contributed by atoms with Crippen LogP contribution in [0.2, 0.25) is 0 Å². The number of H-pyrrole nitrogens is 1. The SMILES string of the molecule is Cc1cc(-c2nc(C3CCCC3)c(I)c(=O)[nH]2)cc(C)n1. The van der Waals surface area contributed by atoms with Gasteiger partial charge in [0.1, 0.15) is 5.82 Å². The molecule has 0 saturated heterocycles. The predicted octanol–water partition coefficient (Wildman–Crippen LogP) is 3.71. The first-order chi connectivity index (χ1) is 10.0. The lowest BCUT2D eigenvalue weighted by molar-refractivity contribution is 0.687. The van der Waals surface area contributed by atoms with Crippen molar-refractivity contribution in [2.75, 3.05) is 0 Å². The van der Waals surface area contributed by atoms with E-state index >= 15 is 0 Å². The smallest absolute Gasteiger partial charge is 0.264 e. The van der Waals surface area contributed by atoms with Gasteiger partial charge in [-0.25, -0.2) is 4.98 Å². The Bertz CT molecular complexity index is 713. The summed E-state index contributed by atoms with van der Waals surface area (Å²) in [6.45, 7) is 3.92. The van der Waals surface area contributed by atoms with Crippen LogP contribution in [-0.4, -0.2) is 15.0 Å². The third kappa shape index (κ3) is 3.02. The van der Waals surface area contributed by atoms with Crippen molar-refractivity contribution in [1.29, 1.82) is 0 Å². The van der Waals surface area contributed by atoms with E-state index < -0.39 is 0 Å². The molecule has 1 fully saturated rings. The van der Waals surface area contributed by atoms with E-state index in [9.17, 15) is 4.79 Å². The van der Waals surface area contributed by atoms with Gasteiger partial charge in [0.05, 0.1) is 9.26 Å². The minimum atomic E-state index is -0.0328. The number of nitrogens with zero attached hydrogens (tertiary/aromatic N) is 2. The van der Waals surface area contributed by atoms with Gasteiger partial charge in [0.15, 0.2) is 0 Å². The highest BCUT2D eigenvalue weighted by Gasteiger charge is 2.23. The number of halogens is 1. The van der Waals surface area contributed by atoms with E-state index in [-0.39, 0.29) is 5.56 Å². The topological polar surface area (TPSA) is 58.6 Å². The number of hydrogen-bond acceptors (Lipinski definition) is 3. The monoisotopic (exact) mass is 395 g/mol. The third-order valence-electron chi connectivity index (χ3n) is 3.99. The molecule has 0 bridgehead atoms. The van der Waals surface area contributed by atoms with E-state index in [1.165, 1.54) is 12.8 Å².